The van der Waals surface area contributed by atoms with Crippen molar-refractivity contribution in [1.29, 1.82) is 0 Å². The molecule has 0 N–H and O–H groups in total. The maximum absolute atomic E-state index is 5.68. The van der Waals surface area contributed by atoms with E-state index >= 15 is 0 Å². The molecule has 0 saturated carbocycles. The van der Waals surface area contributed by atoms with Gasteiger partial charge in [-0.15, -0.1) is 0 Å². The van der Waals surface area contributed by atoms with Crippen molar-refractivity contribution in [2.75, 3.05) is 13.2 Å². The van der Waals surface area contributed by atoms with Gasteiger partial charge in [0.1, 0.15) is 6.61 Å². The van der Waals surface area contributed by atoms with Crippen molar-refractivity contribution in [2.45, 2.75) is 25.4 Å². The molecule has 1 saturated heterocycles. The molecule has 1 atom stereocenters. The summed E-state index contributed by atoms with van der Waals surface area (Å²) >= 11 is 8.99. The first-order valence-corrected chi connectivity index (χ1v) is 6.35. The van der Waals surface area contributed by atoms with Crippen molar-refractivity contribution < 1.29 is 9.47 Å². The standard InChI is InChI=1S/C10H12BrClN2O2/c11-8-5-13-10(12)14-9(8)16-6-7-3-1-2-4-15-7/h5,7H,1-4,6H2. The van der Waals surface area contributed by atoms with Gasteiger partial charge in [-0.05, 0) is 46.8 Å². The lowest BCUT2D eigenvalue weighted by molar-refractivity contribution is -0.0121. The van der Waals surface area contributed by atoms with E-state index in [1.54, 1.807) is 6.20 Å². The minimum atomic E-state index is 0.161. The van der Waals surface area contributed by atoms with Crippen molar-refractivity contribution in [2.24, 2.45) is 0 Å². The topological polar surface area (TPSA) is 44.2 Å². The van der Waals surface area contributed by atoms with Crippen LogP contribution in [0.1, 0.15) is 19.3 Å². The third kappa shape index (κ3) is 3.30. The van der Waals surface area contributed by atoms with Crippen LogP contribution in [0.25, 0.3) is 0 Å². The van der Waals surface area contributed by atoms with Crippen molar-refractivity contribution in [3.05, 3.63) is 16.0 Å². The van der Waals surface area contributed by atoms with Crippen LogP contribution in [0.3, 0.4) is 0 Å². The number of nitrogens with zero attached hydrogens (tertiary/aromatic N) is 2. The predicted molar refractivity (Wildman–Crippen MR) is 63.8 cm³/mol. The minimum absolute atomic E-state index is 0.161. The highest BCUT2D eigenvalue weighted by molar-refractivity contribution is 9.10. The summed E-state index contributed by atoms with van der Waals surface area (Å²) in [6, 6.07) is 0. The monoisotopic (exact) mass is 306 g/mol. The summed E-state index contributed by atoms with van der Waals surface area (Å²) in [7, 11) is 0. The van der Waals surface area contributed by atoms with Crippen LogP contribution in [0.15, 0.2) is 10.7 Å². The lowest BCUT2D eigenvalue weighted by atomic mass is 10.1. The molecule has 2 heterocycles. The molecule has 1 fully saturated rings. The van der Waals surface area contributed by atoms with Gasteiger partial charge >= 0.3 is 0 Å². The molecule has 0 bridgehead atoms. The molecule has 1 aromatic rings. The first-order valence-electron chi connectivity index (χ1n) is 5.18. The van der Waals surface area contributed by atoms with E-state index in [1.807, 2.05) is 0 Å². The number of hydrogen-bond acceptors (Lipinski definition) is 4. The highest BCUT2D eigenvalue weighted by atomic mass is 79.9. The molecule has 1 aliphatic heterocycles. The van der Waals surface area contributed by atoms with Gasteiger partial charge in [-0.3, -0.25) is 0 Å². The van der Waals surface area contributed by atoms with Crippen LogP contribution in [-0.4, -0.2) is 29.3 Å². The predicted octanol–water partition coefficient (Wildman–Crippen LogP) is 2.84. The van der Waals surface area contributed by atoms with Crippen LogP contribution >= 0.6 is 27.5 Å². The van der Waals surface area contributed by atoms with Gasteiger partial charge in [0.25, 0.3) is 0 Å². The van der Waals surface area contributed by atoms with Crippen LogP contribution in [0, 0.1) is 0 Å². The molecule has 6 heteroatoms. The number of hydrogen-bond donors (Lipinski definition) is 0. The molecule has 1 aliphatic rings. The van der Waals surface area contributed by atoms with E-state index in [4.69, 9.17) is 21.1 Å². The van der Waals surface area contributed by atoms with E-state index in [0.717, 1.165) is 19.4 Å². The van der Waals surface area contributed by atoms with Crippen LogP contribution in [0.4, 0.5) is 0 Å². The number of ether oxygens (including phenoxy) is 2. The summed E-state index contributed by atoms with van der Waals surface area (Å²) in [6.07, 6.45) is 5.11. The first kappa shape index (κ1) is 12.1. The summed E-state index contributed by atoms with van der Waals surface area (Å²) in [5.74, 6) is 0.467. The Morgan fingerprint density at radius 3 is 3.19 bits per heavy atom. The fourth-order valence-electron chi connectivity index (χ4n) is 1.54. The summed E-state index contributed by atoms with van der Waals surface area (Å²) < 4.78 is 11.8. The Labute approximate surface area is 107 Å². The highest BCUT2D eigenvalue weighted by Crippen LogP contribution is 2.23. The highest BCUT2D eigenvalue weighted by Gasteiger charge is 2.15. The summed E-state index contributed by atoms with van der Waals surface area (Å²) in [5.41, 5.74) is 0. The Kier molecular flexibility index (Phi) is 4.37. The van der Waals surface area contributed by atoms with E-state index in [9.17, 15) is 0 Å². The average molecular weight is 308 g/mol. The third-order valence-corrected chi connectivity index (χ3v) is 3.09. The van der Waals surface area contributed by atoms with E-state index in [-0.39, 0.29) is 11.4 Å². The molecule has 0 aromatic carbocycles. The molecule has 0 amide bonds. The Morgan fingerprint density at radius 1 is 1.56 bits per heavy atom. The lowest BCUT2D eigenvalue weighted by Crippen LogP contribution is -2.26. The van der Waals surface area contributed by atoms with Crippen molar-refractivity contribution in [3.63, 3.8) is 0 Å². The van der Waals surface area contributed by atoms with Crippen molar-refractivity contribution in [1.82, 2.24) is 9.97 Å². The molecule has 88 valence electrons. The lowest BCUT2D eigenvalue weighted by Gasteiger charge is -2.22. The maximum Gasteiger partial charge on any atom is 0.232 e. The second kappa shape index (κ2) is 5.80. The van der Waals surface area contributed by atoms with Crippen LogP contribution < -0.4 is 4.74 Å². The average Bonchev–Trinajstić information content (AvgIpc) is 2.32. The molecule has 4 nitrogen and oxygen atoms in total. The van der Waals surface area contributed by atoms with Crippen molar-refractivity contribution in [3.8, 4) is 5.88 Å². The maximum atomic E-state index is 5.68. The van der Waals surface area contributed by atoms with Crippen molar-refractivity contribution >= 4 is 27.5 Å². The molecule has 0 spiro atoms. The second-order valence-corrected chi connectivity index (χ2v) is 4.78. The minimum Gasteiger partial charge on any atom is -0.474 e. The molecule has 1 aromatic heterocycles. The third-order valence-electron chi connectivity index (χ3n) is 2.36. The second-order valence-electron chi connectivity index (χ2n) is 3.59. The summed E-state index contributed by atoms with van der Waals surface area (Å²) in [5, 5.41) is 0.183. The zero-order valence-corrected chi connectivity index (χ0v) is 11.0. The molecule has 0 radical (unpaired) electrons. The van der Waals surface area contributed by atoms with E-state index < -0.39 is 0 Å². The molecular weight excluding hydrogens is 295 g/mol. The SMILES string of the molecule is Clc1ncc(Br)c(OCC2CCCCO2)n1. The van der Waals surface area contributed by atoms with Gasteiger partial charge in [-0.2, -0.15) is 4.98 Å². The Balaban J connectivity index is 1.90. The van der Waals surface area contributed by atoms with E-state index in [2.05, 4.69) is 25.9 Å². The van der Waals surface area contributed by atoms with Gasteiger partial charge in [0, 0.05) is 12.8 Å². The molecule has 16 heavy (non-hydrogen) atoms. The van der Waals surface area contributed by atoms with Crippen LogP contribution in [0.5, 0.6) is 5.88 Å². The van der Waals surface area contributed by atoms with Gasteiger partial charge < -0.3 is 9.47 Å². The smallest absolute Gasteiger partial charge is 0.232 e. The van der Waals surface area contributed by atoms with E-state index in [1.165, 1.54) is 6.42 Å². The van der Waals surface area contributed by atoms with Gasteiger partial charge in [-0.25, -0.2) is 4.98 Å². The van der Waals surface area contributed by atoms with Crippen LogP contribution in [0.2, 0.25) is 5.28 Å². The zero-order valence-electron chi connectivity index (χ0n) is 8.66. The number of halogens is 2. The van der Waals surface area contributed by atoms with Crippen LogP contribution in [-0.2, 0) is 4.74 Å². The van der Waals surface area contributed by atoms with E-state index in [0.29, 0.717) is 17.0 Å². The molecule has 2 rings (SSSR count). The Hall–Kier alpha value is -0.390. The Morgan fingerprint density at radius 2 is 2.44 bits per heavy atom. The fourth-order valence-corrected chi connectivity index (χ4v) is 1.97. The van der Waals surface area contributed by atoms with Gasteiger partial charge in [-0.1, -0.05) is 0 Å². The molecule has 1 unspecified atom stereocenters. The Bertz CT molecular complexity index is 359. The first-order chi connectivity index (χ1) is 7.75. The number of rotatable bonds is 3. The summed E-state index contributed by atoms with van der Waals surface area (Å²) in [6.45, 7) is 1.33. The van der Waals surface area contributed by atoms with Gasteiger partial charge in [0.05, 0.1) is 10.6 Å². The largest absolute Gasteiger partial charge is 0.474 e. The quantitative estimate of drug-likeness (QED) is 0.806. The van der Waals surface area contributed by atoms with Gasteiger partial charge in [0.15, 0.2) is 0 Å². The summed E-state index contributed by atoms with van der Waals surface area (Å²) in [4.78, 5) is 7.82. The molecule has 0 aliphatic carbocycles. The fraction of sp³-hybridized carbons (Fsp3) is 0.600. The molecular formula is C10H12BrClN2O2. The number of aromatic nitrogens is 2. The normalized spacial score (nSPS) is 20.8. The van der Waals surface area contributed by atoms with Gasteiger partial charge in [0.2, 0.25) is 11.2 Å². The zero-order chi connectivity index (χ0) is 11.4.